The lowest BCUT2D eigenvalue weighted by Crippen LogP contribution is -2.36. The highest BCUT2D eigenvalue weighted by Gasteiger charge is 2.52. The number of aryl methyl sites for hydroxylation is 1. The van der Waals surface area contributed by atoms with Gasteiger partial charge in [-0.3, -0.25) is 4.68 Å². The van der Waals surface area contributed by atoms with Crippen LogP contribution in [0, 0.1) is 0 Å². The van der Waals surface area contributed by atoms with E-state index in [9.17, 15) is 0 Å². The van der Waals surface area contributed by atoms with E-state index in [1.807, 2.05) is 4.68 Å². The molecule has 0 amide bonds. The first kappa shape index (κ1) is 23.7. The minimum atomic E-state index is -0.731. The van der Waals surface area contributed by atoms with Crippen LogP contribution >= 0.6 is 0 Å². The fourth-order valence-electron chi connectivity index (χ4n) is 6.25. The van der Waals surface area contributed by atoms with Gasteiger partial charge in [0.25, 0.3) is 0 Å². The zero-order chi connectivity index (χ0) is 25.7. The largest absolute Gasteiger partial charge is 0.472 e. The Bertz CT molecular complexity index is 1400. The van der Waals surface area contributed by atoms with E-state index in [0.717, 1.165) is 55.3 Å². The number of benzene rings is 3. The van der Waals surface area contributed by atoms with Crippen molar-refractivity contribution in [2.75, 3.05) is 36.0 Å². The monoisotopic (exact) mass is 492 g/mol. The summed E-state index contributed by atoms with van der Waals surface area (Å²) in [6.45, 7) is 15.7. The van der Waals surface area contributed by atoms with Crippen molar-refractivity contribution in [2.24, 2.45) is 0 Å². The Balaban J connectivity index is 1.67. The van der Waals surface area contributed by atoms with Gasteiger partial charge in [-0.05, 0) is 82.1 Å². The van der Waals surface area contributed by atoms with Gasteiger partial charge in [0, 0.05) is 67.0 Å². The summed E-state index contributed by atoms with van der Waals surface area (Å²) in [5.74, 6) is 0.885. The van der Waals surface area contributed by atoms with Gasteiger partial charge in [-0.1, -0.05) is 24.3 Å². The lowest BCUT2D eigenvalue weighted by atomic mass is 9.81. The van der Waals surface area contributed by atoms with E-state index in [4.69, 9.17) is 9.84 Å². The zero-order valence-corrected chi connectivity index (χ0v) is 22.6. The van der Waals surface area contributed by atoms with Crippen molar-refractivity contribution in [1.29, 1.82) is 0 Å². The van der Waals surface area contributed by atoms with Crippen molar-refractivity contribution in [3.63, 3.8) is 0 Å². The lowest BCUT2D eigenvalue weighted by molar-refractivity contribution is 0.157. The van der Waals surface area contributed by atoms with Gasteiger partial charge < -0.3 is 14.5 Å². The van der Waals surface area contributed by atoms with Crippen LogP contribution in [0.5, 0.6) is 5.75 Å². The third kappa shape index (κ3) is 3.33. The average Bonchev–Trinajstić information content (AvgIpc) is 3.49. The Morgan fingerprint density at radius 1 is 0.703 bits per heavy atom. The van der Waals surface area contributed by atoms with Crippen LogP contribution in [-0.2, 0) is 12.1 Å². The minimum absolute atomic E-state index is 0.731. The molecule has 6 rings (SSSR count). The number of anilines is 2. The molecule has 0 saturated carbocycles. The maximum atomic E-state index is 7.14. The van der Waals surface area contributed by atoms with Gasteiger partial charge in [0.2, 0.25) is 0 Å². The summed E-state index contributed by atoms with van der Waals surface area (Å²) in [7, 11) is 0. The molecule has 5 nitrogen and oxygen atoms in total. The molecule has 2 aliphatic rings. The molecule has 1 spiro atoms. The predicted molar refractivity (Wildman–Crippen MR) is 153 cm³/mol. The topological polar surface area (TPSA) is 33.5 Å². The zero-order valence-electron chi connectivity index (χ0n) is 22.6. The molecule has 0 bridgehead atoms. The lowest BCUT2D eigenvalue weighted by Gasteiger charge is -2.37. The molecule has 3 aromatic carbocycles. The minimum Gasteiger partial charge on any atom is -0.472 e. The van der Waals surface area contributed by atoms with Crippen molar-refractivity contribution in [3.05, 3.63) is 83.6 Å². The van der Waals surface area contributed by atoms with Crippen molar-refractivity contribution in [3.8, 4) is 28.1 Å². The number of ether oxygens (including phenoxy) is 1. The molecule has 2 heterocycles. The Morgan fingerprint density at radius 2 is 1.27 bits per heavy atom. The van der Waals surface area contributed by atoms with Crippen molar-refractivity contribution >= 4 is 11.4 Å². The van der Waals surface area contributed by atoms with E-state index < -0.39 is 5.60 Å². The fraction of sp³-hybridized carbons (Fsp3) is 0.344. The number of fused-ring (bicyclic) bond motifs is 9. The van der Waals surface area contributed by atoms with Crippen molar-refractivity contribution in [2.45, 2.75) is 46.8 Å². The van der Waals surface area contributed by atoms with Gasteiger partial charge in [0.15, 0.2) is 5.60 Å². The molecule has 4 aromatic rings. The summed E-state index contributed by atoms with van der Waals surface area (Å²) in [4.78, 5) is 4.83. The maximum Gasteiger partial charge on any atom is 0.189 e. The number of nitrogens with zero attached hydrogens (tertiary/aromatic N) is 4. The molecule has 0 fully saturated rings. The van der Waals surface area contributed by atoms with Crippen LogP contribution in [0.15, 0.2) is 66.9 Å². The molecular formula is C32H36N4O. The molecule has 37 heavy (non-hydrogen) atoms. The molecule has 1 aliphatic carbocycles. The van der Waals surface area contributed by atoms with Gasteiger partial charge in [0.05, 0.1) is 5.56 Å². The van der Waals surface area contributed by atoms with E-state index in [1.54, 1.807) is 0 Å². The molecule has 0 unspecified atom stereocenters. The molecule has 190 valence electrons. The van der Waals surface area contributed by atoms with Crippen molar-refractivity contribution < 1.29 is 4.74 Å². The summed E-state index contributed by atoms with van der Waals surface area (Å²) in [6.07, 6.45) is 2.20. The van der Waals surface area contributed by atoms with Crippen LogP contribution < -0.4 is 14.5 Å². The first-order chi connectivity index (χ1) is 18.1. The summed E-state index contributed by atoms with van der Waals surface area (Å²) in [6, 6.07) is 22.2. The van der Waals surface area contributed by atoms with E-state index >= 15 is 0 Å². The Kier molecular flexibility index (Phi) is 5.74. The Hall–Kier alpha value is -3.73. The normalized spacial score (nSPS) is 14.0. The molecule has 0 radical (unpaired) electrons. The van der Waals surface area contributed by atoms with Crippen LogP contribution in [0.25, 0.3) is 22.4 Å². The fourth-order valence-corrected chi connectivity index (χ4v) is 6.25. The van der Waals surface area contributed by atoms with Crippen LogP contribution in [0.3, 0.4) is 0 Å². The number of hydrogen-bond acceptors (Lipinski definition) is 4. The van der Waals surface area contributed by atoms with Gasteiger partial charge >= 0.3 is 0 Å². The smallest absolute Gasteiger partial charge is 0.189 e. The summed E-state index contributed by atoms with van der Waals surface area (Å²) in [5.41, 5.74) is 9.87. The van der Waals surface area contributed by atoms with Gasteiger partial charge in [-0.15, -0.1) is 0 Å². The average molecular weight is 493 g/mol. The number of rotatable bonds is 7. The highest BCUT2D eigenvalue weighted by Crippen LogP contribution is 2.59. The summed E-state index contributed by atoms with van der Waals surface area (Å²) >= 11 is 0. The van der Waals surface area contributed by atoms with Crippen LogP contribution in [0.2, 0.25) is 0 Å². The molecule has 0 saturated heterocycles. The van der Waals surface area contributed by atoms with Gasteiger partial charge in [0.1, 0.15) is 11.4 Å². The van der Waals surface area contributed by atoms with E-state index in [1.165, 1.54) is 33.6 Å². The highest BCUT2D eigenvalue weighted by molar-refractivity contribution is 5.89. The highest BCUT2D eigenvalue weighted by atomic mass is 16.5. The van der Waals surface area contributed by atoms with E-state index in [0.29, 0.717) is 0 Å². The van der Waals surface area contributed by atoms with Crippen LogP contribution in [0.4, 0.5) is 11.4 Å². The molecule has 5 heteroatoms. The first-order valence-corrected chi connectivity index (χ1v) is 13.7. The first-order valence-electron chi connectivity index (χ1n) is 13.7. The molecule has 0 N–H and O–H groups in total. The summed E-state index contributed by atoms with van der Waals surface area (Å²) < 4.78 is 9.19. The van der Waals surface area contributed by atoms with Gasteiger partial charge in [-0.2, -0.15) is 5.10 Å². The van der Waals surface area contributed by atoms with Crippen LogP contribution in [-0.4, -0.2) is 36.0 Å². The molecular weight excluding hydrogens is 456 g/mol. The van der Waals surface area contributed by atoms with Gasteiger partial charge in [-0.25, -0.2) is 0 Å². The standard InChI is InChI=1S/C32H36N4O/c1-6-34(7-2)22-15-17-27-25(19-22)26-20-23(35(8-3)9-4)16-18-28(26)32(27)29-21-36(10-5)33-31(29)24-13-11-12-14-30(24)37-32/h11-21H,6-10H2,1-5H3. The van der Waals surface area contributed by atoms with Crippen LogP contribution in [0.1, 0.15) is 51.3 Å². The van der Waals surface area contributed by atoms with E-state index in [-0.39, 0.29) is 0 Å². The number of hydrogen-bond donors (Lipinski definition) is 0. The predicted octanol–water partition coefficient (Wildman–Crippen LogP) is 6.93. The molecule has 1 aliphatic heterocycles. The second-order valence-corrected chi connectivity index (χ2v) is 9.83. The third-order valence-electron chi connectivity index (χ3n) is 8.18. The third-order valence-corrected chi connectivity index (χ3v) is 8.18. The number of para-hydroxylation sites is 1. The summed E-state index contributed by atoms with van der Waals surface area (Å²) in [5, 5.41) is 5.04. The number of aromatic nitrogens is 2. The SMILES string of the molecule is CCN(CC)c1ccc2c(c1)-c1cc(N(CC)CC)ccc1C21Oc2ccccc2-c2nn(CC)cc21. The molecule has 0 atom stereocenters. The Labute approximate surface area is 220 Å². The van der Waals surface area contributed by atoms with E-state index in [2.05, 4.69) is 111 Å². The molecule has 1 aromatic heterocycles. The quantitative estimate of drug-likeness (QED) is 0.280. The maximum absolute atomic E-state index is 7.14. The second-order valence-electron chi connectivity index (χ2n) is 9.83. The van der Waals surface area contributed by atoms with Crippen molar-refractivity contribution in [1.82, 2.24) is 9.78 Å². The second kappa shape index (κ2) is 8.98. The Morgan fingerprint density at radius 3 is 1.81 bits per heavy atom.